The molecule has 2 aromatic rings. The highest BCUT2D eigenvalue weighted by Gasteiger charge is 2.44. The van der Waals surface area contributed by atoms with Crippen molar-refractivity contribution in [2.45, 2.75) is 91.3 Å². The van der Waals surface area contributed by atoms with E-state index in [0.717, 1.165) is 47.4 Å². The molecule has 0 spiro atoms. The zero-order chi connectivity index (χ0) is 28.6. The Hall–Kier alpha value is -2.62. The first-order chi connectivity index (χ1) is 18.5. The van der Waals surface area contributed by atoms with Gasteiger partial charge in [-0.1, -0.05) is 57.9 Å². The van der Waals surface area contributed by atoms with E-state index in [1.54, 1.807) is 11.3 Å². The summed E-state index contributed by atoms with van der Waals surface area (Å²) in [5, 5.41) is 13.3. The number of likely N-dealkylation sites (tertiary alicyclic amines) is 1. The summed E-state index contributed by atoms with van der Waals surface area (Å²) in [4.78, 5) is 46.6. The van der Waals surface area contributed by atoms with Crippen LogP contribution < -0.4 is 11.1 Å². The Balaban J connectivity index is 1.61. The van der Waals surface area contributed by atoms with Crippen LogP contribution in [0.5, 0.6) is 0 Å². The first-order valence-electron chi connectivity index (χ1n) is 14.0. The summed E-state index contributed by atoms with van der Waals surface area (Å²) < 4.78 is 0. The number of nitrogens with one attached hydrogen (secondary N) is 1. The molecule has 1 aliphatic rings. The number of unbranched alkanes of at least 4 members (excludes halogenated alkanes) is 3. The molecule has 9 heteroatoms. The van der Waals surface area contributed by atoms with E-state index in [-0.39, 0.29) is 37.0 Å². The molecule has 0 bridgehead atoms. The molecule has 3 atom stereocenters. The van der Waals surface area contributed by atoms with Gasteiger partial charge >= 0.3 is 0 Å². The van der Waals surface area contributed by atoms with E-state index >= 15 is 0 Å². The number of hydrogen-bond donors (Lipinski definition) is 3. The average molecular weight is 557 g/mol. The Morgan fingerprint density at radius 2 is 1.85 bits per heavy atom. The number of aryl methyl sites for hydroxylation is 1. The summed E-state index contributed by atoms with van der Waals surface area (Å²) >= 11 is 1.59. The van der Waals surface area contributed by atoms with E-state index in [2.05, 4.69) is 10.3 Å². The summed E-state index contributed by atoms with van der Waals surface area (Å²) in [5.74, 6) is -1.02. The minimum Gasteiger partial charge on any atom is -0.391 e. The number of amides is 2. The number of rotatable bonds is 13. The Labute approximate surface area is 236 Å². The maximum atomic E-state index is 13.7. The zero-order valence-electron chi connectivity index (χ0n) is 23.7. The van der Waals surface area contributed by atoms with E-state index in [4.69, 9.17) is 5.73 Å². The van der Waals surface area contributed by atoms with Gasteiger partial charge in [0, 0.05) is 38.3 Å². The van der Waals surface area contributed by atoms with E-state index < -0.39 is 23.5 Å². The number of nitrogens with zero attached hydrogens (tertiary/aromatic N) is 2. The van der Waals surface area contributed by atoms with Gasteiger partial charge in [-0.3, -0.25) is 14.4 Å². The van der Waals surface area contributed by atoms with Crippen molar-refractivity contribution in [3.63, 3.8) is 0 Å². The number of nitrogens with two attached hydrogens (primary N) is 1. The smallest absolute Gasteiger partial charge is 0.243 e. The van der Waals surface area contributed by atoms with E-state index in [1.165, 1.54) is 4.90 Å². The normalized spacial score (nSPS) is 18.3. The van der Waals surface area contributed by atoms with E-state index in [1.807, 2.05) is 57.5 Å². The molecule has 214 valence electrons. The fourth-order valence-electron chi connectivity index (χ4n) is 5.08. The third-order valence-corrected chi connectivity index (χ3v) is 8.46. The van der Waals surface area contributed by atoms with E-state index in [9.17, 15) is 19.5 Å². The van der Waals surface area contributed by atoms with Crippen LogP contribution in [0.3, 0.4) is 0 Å². The van der Waals surface area contributed by atoms with Crippen molar-refractivity contribution < 1.29 is 19.5 Å². The van der Waals surface area contributed by atoms with Crippen LogP contribution in [0, 0.1) is 18.3 Å². The van der Waals surface area contributed by atoms with Crippen molar-refractivity contribution in [3.8, 4) is 10.4 Å². The van der Waals surface area contributed by atoms with Gasteiger partial charge < -0.3 is 21.1 Å². The van der Waals surface area contributed by atoms with Crippen LogP contribution in [-0.4, -0.2) is 57.8 Å². The molecular weight excluding hydrogens is 512 g/mol. The Bertz CT molecular complexity index is 1110. The number of Topliss-reactive ketones (excluding diaryl/α,β-unsaturated/α-hetero) is 1. The lowest BCUT2D eigenvalue weighted by Crippen LogP contribution is -2.50. The van der Waals surface area contributed by atoms with Crippen molar-refractivity contribution >= 4 is 28.9 Å². The molecule has 8 nitrogen and oxygen atoms in total. The average Bonchev–Trinajstić information content (AvgIpc) is 3.50. The van der Waals surface area contributed by atoms with Crippen LogP contribution in [0.2, 0.25) is 0 Å². The molecule has 1 fully saturated rings. The zero-order valence-corrected chi connectivity index (χ0v) is 24.6. The fraction of sp³-hybridized carbons (Fsp3) is 0.600. The Morgan fingerprint density at radius 3 is 2.46 bits per heavy atom. The number of β-amino-alcohol motifs (C(OH)–C–C–N with tert-alkyl or cyclic N) is 1. The van der Waals surface area contributed by atoms with Gasteiger partial charge in [0.05, 0.1) is 22.2 Å². The predicted molar refractivity (Wildman–Crippen MR) is 155 cm³/mol. The molecule has 0 aliphatic carbocycles. The number of thiazole rings is 1. The van der Waals surface area contributed by atoms with Crippen LogP contribution in [0.1, 0.15) is 77.0 Å². The fourth-order valence-corrected chi connectivity index (χ4v) is 5.89. The quantitative estimate of drug-likeness (QED) is 0.317. The lowest BCUT2D eigenvalue weighted by Gasteiger charge is -2.34. The Kier molecular flexibility index (Phi) is 11.2. The molecule has 0 radical (unpaired) electrons. The van der Waals surface area contributed by atoms with Gasteiger partial charge in [-0.05, 0) is 42.9 Å². The highest BCUT2D eigenvalue weighted by Crippen LogP contribution is 2.34. The Morgan fingerprint density at radius 1 is 1.15 bits per heavy atom. The number of ketones is 1. The lowest BCUT2D eigenvalue weighted by atomic mass is 9.76. The monoisotopic (exact) mass is 556 g/mol. The van der Waals surface area contributed by atoms with Gasteiger partial charge in [-0.25, -0.2) is 4.98 Å². The highest BCUT2D eigenvalue weighted by molar-refractivity contribution is 7.13. The van der Waals surface area contributed by atoms with Crippen LogP contribution in [0.4, 0.5) is 0 Å². The molecule has 2 heterocycles. The second-order valence-corrected chi connectivity index (χ2v) is 12.5. The van der Waals surface area contributed by atoms with Gasteiger partial charge in [0.25, 0.3) is 0 Å². The number of aliphatic hydroxyl groups excluding tert-OH is 1. The predicted octanol–water partition coefficient (Wildman–Crippen LogP) is 4.23. The molecule has 4 N–H and O–H groups in total. The van der Waals surface area contributed by atoms with Crippen LogP contribution >= 0.6 is 11.3 Å². The molecule has 1 aromatic heterocycles. The van der Waals surface area contributed by atoms with Crippen molar-refractivity contribution in [3.05, 3.63) is 41.0 Å². The topological polar surface area (TPSA) is 126 Å². The molecule has 0 saturated carbocycles. The standard InChI is InChI=1S/C30H44N4O4S/c1-20-27(39-19-33-20)22-12-10-21(11-13-22)17-32-28(37)26-16-24(36)18-34(26)29(38)25(30(2,3)4)15-23(35)9-7-5-6-8-14-31/h10-13,19,24-26,36H,5-9,14-18,31H2,1-4H3,(H,32,37)/t24-,25-,26+/m1/s1. The largest absolute Gasteiger partial charge is 0.391 e. The lowest BCUT2D eigenvalue weighted by molar-refractivity contribution is -0.146. The molecule has 0 unspecified atom stereocenters. The molecule has 2 amide bonds. The summed E-state index contributed by atoms with van der Waals surface area (Å²) in [6.45, 7) is 8.90. The summed E-state index contributed by atoms with van der Waals surface area (Å²) in [5.41, 5.74) is 9.92. The van der Waals surface area contributed by atoms with Gasteiger partial charge in [0.2, 0.25) is 11.8 Å². The molecule has 1 saturated heterocycles. The van der Waals surface area contributed by atoms with Crippen molar-refractivity contribution in [1.82, 2.24) is 15.2 Å². The minimum atomic E-state index is -0.773. The van der Waals surface area contributed by atoms with Crippen LogP contribution in [0.15, 0.2) is 29.8 Å². The molecule has 3 rings (SSSR count). The number of carbonyl (C=O) groups is 3. The van der Waals surface area contributed by atoms with Gasteiger partial charge in [-0.15, -0.1) is 11.3 Å². The summed E-state index contributed by atoms with van der Waals surface area (Å²) in [7, 11) is 0. The van der Waals surface area contributed by atoms with E-state index in [0.29, 0.717) is 19.5 Å². The van der Waals surface area contributed by atoms with Crippen molar-refractivity contribution in [1.29, 1.82) is 0 Å². The SMILES string of the molecule is Cc1ncsc1-c1ccc(CNC(=O)[C@@H]2C[C@@H](O)CN2C(=O)[C@@H](CC(=O)CCCCCCN)C(C)(C)C)cc1. The third-order valence-electron chi connectivity index (χ3n) is 7.48. The maximum absolute atomic E-state index is 13.7. The second kappa shape index (κ2) is 14.1. The number of benzene rings is 1. The summed E-state index contributed by atoms with van der Waals surface area (Å²) in [6, 6.07) is 7.21. The second-order valence-electron chi connectivity index (χ2n) is 11.7. The number of aromatic nitrogens is 1. The maximum Gasteiger partial charge on any atom is 0.243 e. The molecule has 1 aromatic carbocycles. The first kappa shape index (κ1) is 30.9. The molecule has 1 aliphatic heterocycles. The van der Waals surface area contributed by atoms with Crippen LogP contribution in [0.25, 0.3) is 10.4 Å². The number of hydrogen-bond acceptors (Lipinski definition) is 7. The van der Waals surface area contributed by atoms with Gasteiger partial charge in [0.15, 0.2) is 0 Å². The van der Waals surface area contributed by atoms with Crippen LogP contribution in [-0.2, 0) is 20.9 Å². The van der Waals surface area contributed by atoms with Crippen molar-refractivity contribution in [2.75, 3.05) is 13.1 Å². The molecule has 39 heavy (non-hydrogen) atoms. The summed E-state index contributed by atoms with van der Waals surface area (Å²) in [6.07, 6.45) is 3.70. The number of aliphatic hydroxyl groups is 1. The van der Waals surface area contributed by atoms with Gasteiger partial charge in [-0.2, -0.15) is 0 Å². The molecular formula is C30H44N4O4S. The first-order valence-corrected chi connectivity index (χ1v) is 14.9. The number of carbonyl (C=O) groups excluding carboxylic acids is 3. The minimum absolute atomic E-state index is 0.0636. The van der Waals surface area contributed by atoms with Crippen molar-refractivity contribution in [2.24, 2.45) is 17.1 Å². The third kappa shape index (κ3) is 8.68. The highest BCUT2D eigenvalue weighted by atomic mass is 32.1. The van der Waals surface area contributed by atoms with Gasteiger partial charge in [0.1, 0.15) is 11.8 Å².